The number of aromatic hydroxyl groups is 2. The fourth-order valence-electron chi connectivity index (χ4n) is 3.99. The molecule has 0 radical (unpaired) electrons. The lowest BCUT2D eigenvalue weighted by Crippen LogP contribution is -2.49. The van der Waals surface area contributed by atoms with Gasteiger partial charge in [0.05, 0.1) is 11.5 Å². The van der Waals surface area contributed by atoms with E-state index in [0.717, 1.165) is 0 Å². The van der Waals surface area contributed by atoms with Gasteiger partial charge < -0.3 is 34.3 Å². The minimum Gasteiger partial charge on any atom is -0.504 e. The molecule has 2 aliphatic rings. The molecule has 1 heterocycles. The number of aliphatic hydroxyl groups is 1. The molecule has 5 atom stereocenters. The van der Waals surface area contributed by atoms with Crippen molar-refractivity contribution in [3.63, 3.8) is 0 Å². The van der Waals surface area contributed by atoms with Crippen LogP contribution in [0.1, 0.15) is 31.2 Å². The lowest BCUT2D eigenvalue weighted by Gasteiger charge is -2.42. The molecule has 0 unspecified atom stereocenters. The summed E-state index contributed by atoms with van der Waals surface area (Å²) in [7, 11) is 3.09. The molecular weight excluding hydrogens is 368 g/mol. The zero-order valence-electron chi connectivity index (χ0n) is 15.9. The van der Waals surface area contributed by atoms with Crippen LogP contribution < -0.4 is 0 Å². The highest BCUT2D eigenvalue weighted by atomic mass is 16.8. The molecule has 0 aromatic heterocycles. The van der Waals surface area contributed by atoms with E-state index in [1.807, 2.05) is 0 Å². The van der Waals surface area contributed by atoms with Gasteiger partial charge in [0, 0.05) is 33.1 Å². The van der Waals surface area contributed by atoms with E-state index in [1.54, 1.807) is 13.2 Å². The number of carbonyl (C=O) groups excluding carboxylic acids is 1. The average molecular weight is 394 g/mol. The number of carbonyl (C=O) groups is 1. The zero-order valence-corrected chi connectivity index (χ0v) is 15.9. The van der Waals surface area contributed by atoms with Crippen molar-refractivity contribution in [3.05, 3.63) is 29.8 Å². The summed E-state index contributed by atoms with van der Waals surface area (Å²) >= 11 is 0. The molecule has 154 valence electrons. The summed E-state index contributed by atoms with van der Waals surface area (Å²) in [6, 6.07) is 4.23. The quantitative estimate of drug-likeness (QED) is 0.394. The topological polar surface area (TPSA) is 115 Å². The first-order chi connectivity index (χ1) is 13.4. The van der Waals surface area contributed by atoms with Gasteiger partial charge in [-0.25, -0.2) is 4.79 Å². The normalized spacial score (nSPS) is 32.8. The molecule has 0 amide bonds. The van der Waals surface area contributed by atoms with Gasteiger partial charge >= 0.3 is 5.97 Å². The van der Waals surface area contributed by atoms with Gasteiger partial charge in [0.2, 0.25) is 0 Å². The van der Waals surface area contributed by atoms with Gasteiger partial charge in [-0.3, -0.25) is 0 Å². The predicted octanol–water partition coefficient (Wildman–Crippen LogP) is 1.92. The maximum Gasteiger partial charge on any atom is 0.331 e. The van der Waals surface area contributed by atoms with Crippen molar-refractivity contribution < 1.29 is 39.1 Å². The molecule has 1 aliphatic carbocycles. The van der Waals surface area contributed by atoms with Crippen molar-refractivity contribution in [2.45, 2.75) is 50.5 Å². The second-order valence-corrected chi connectivity index (χ2v) is 7.24. The van der Waals surface area contributed by atoms with Crippen LogP contribution in [-0.2, 0) is 23.7 Å². The molecule has 0 bridgehead atoms. The van der Waals surface area contributed by atoms with Crippen LogP contribution in [0.25, 0.3) is 6.08 Å². The molecule has 1 spiro atoms. The van der Waals surface area contributed by atoms with Crippen LogP contribution in [0.15, 0.2) is 24.3 Å². The minimum atomic E-state index is -0.748. The highest BCUT2D eigenvalue weighted by Crippen LogP contribution is 2.50. The van der Waals surface area contributed by atoms with E-state index < -0.39 is 36.2 Å². The van der Waals surface area contributed by atoms with Crippen LogP contribution in [0.5, 0.6) is 11.5 Å². The molecule has 28 heavy (non-hydrogen) atoms. The lowest BCUT2D eigenvalue weighted by atomic mass is 9.69. The Hall–Kier alpha value is -2.13. The van der Waals surface area contributed by atoms with E-state index in [2.05, 4.69) is 0 Å². The third-order valence-corrected chi connectivity index (χ3v) is 5.54. The monoisotopic (exact) mass is 394 g/mol. The number of ether oxygens (including phenoxy) is 4. The second-order valence-electron chi connectivity index (χ2n) is 7.24. The van der Waals surface area contributed by atoms with E-state index in [9.17, 15) is 20.1 Å². The van der Waals surface area contributed by atoms with Gasteiger partial charge in [-0.05, 0) is 36.6 Å². The number of rotatable bonds is 5. The van der Waals surface area contributed by atoms with Gasteiger partial charge in [0.25, 0.3) is 0 Å². The highest BCUT2D eigenvalue weighted by molar-refractivity contribution is 5.87. The Bertz CT molecular complexity index is 733. The molecule has 2 fully saturated rings. The first-order valence-corrected chi connectivity index (χ1v) is 9.17. The van der Waals surface area contributed by atoms with Crippen LogP contribution in [0.2, 0.25) is 0 Å². The van der Waals surface area contributed by atoms with Gasteiger partial charge in [-0.2, -0.15) is 0 Å². The Morgan fingerprint density at radius 2 is 2.04 bits per heavy atom. The van der Waals surface area contributed by atoms with Crippen molar-refractivity contribution in [1.29, 1.82) is 0 Å². The maximum absolute atomic E-state index is 12.1. The van der Waals surface area contributed by atoms with Crippen LogP contribution in [0.4, 0.5) is 0 Å². The molecule has 1 aromatic rings. The molecule has 1 aliphatic heterocycles. The first-order valence-electron chi connectivity index (χ1n) is 9.17. The minimum absolute atomic E-state index is 0.231. The number of methoxy groups -OCH3 is 2. The van der Waals surface area contributed by atoms with Crippen LogP contribution in [-0.4, -0.2) is 60.3 Å². The van der Waals surface area contributed by atoms with Crippen molar-refractivity contribution in [2.24, 2.45) is 5.41 Å². The summed E-state index contributed by atoms with van der Waals surface area (Å²) in [6.07, 6.45) is 2.56. The predicted molar refractivity (Wildman–Crippen MR) is 98.3 cm³/mol. The van der Waals surface area contributed by atoms with Crippen LogP contribution in [0, 0.1) is 5.41 Å². The van der Waals surface area contributed by atoms with Gasteiger partial charge in [-0.1, -0.05) is 6.07 Å². The summed E-state index contributed by atoms with van der Waals surface area (Å²) in [5.41, 5.74) is -0.0240. The fraction of sp³-hybridized carbons (Fsp3) is 0.550. The SMILES string of the molecule is CO[C@@H]1C[C@]2(CC[C@H](OC(=O)/C=C/c3ccc(O)c(O)c3)C[C@@H]2O)[C@@H](OC)O1. The number of phenols is 2. The third kappa shape index (κ3) is 4.15. The largest absolute Gasteiger partial charge is 0.504 e. The number of esters is 1. The standard InChI is InChI=1S/C20H26O8/c1-25-18-11-20(19(26-2)28-18)8-7-13(10-16(20)23)27-17(24)6-4-12-3-5-14(21)15(22)9-12/h3-6,9,13,16,18-19,21-23H,7-8,10-11H2,1-2H3/b6-4+/t13-,16-,18-,19-,20-/m0/s1. The van der Waals surface area contributed by atoms with Gasteiger partial charge in [-0.15, -0.1) is 0 Å². The van der Waals surface area contributed by atoms with Gasteiger partial charge in [0.1, 0.15) is 6.10 Å². The van der Waals surface area contributed by atoms with E-state index in [4.69, 9.17) is 18.9 Å². The summed E-state index contributed by atoms with van der Waals surface area (Å²) < 4.78 is 21.8. The summed E-state index contributed by atoms with van der Waals surface area (Å²) in [4.78, 5) is 12.1. The second kappa shape index (κ2) is 8.48. The summed E-state index contributed by atoms with van der Waals surface area (Å²) in [6.45, 7) is 0. The Morgan fingerprint density at radius 3 is 2.68 bits per heavy atom. The van der Waals surface area contributed by atoms with Gasteiger partial charge in [0.15, 0.2) is 24.1 Å². The fourth-order valence-corrected chi connectivity index (χ4v) is 3.99. The van der Waals surface area contributed by atoms with Crippen molar-refractivity contribution in [1.82, 2.24) is 0 Å². The Kier molecular flexibility index (Phi) is 6.24. The van der Waals surface area contributed by atoms with E-state index >= 15 is 0 Å². The molecule has 1 aromatic carbocycles. The molecular formula is C20H26O8. The van der Waals surface area contributed by atoms with E-state index in [1.165, 1.54) is 31.4 Å². The number of hydrogen-bond donors (Lipinski definition) is 3. The highest BCUT2D eigenvalue weighted by Gasteiger charge is 2.56. The smallest absolute Gasteiger partial charge is 0.331 e. The van der Waals surface area contributed by atoms with E-state index in [-0.39, 0.29) is 11.5 Å². The molecule has 1 saturated carbocycles. The molecule has 3 N–H and O–H groups in total. The molecule has 1 saturated heterocycles. The number of benzene rings is 1. The molecule has 3 rings (SSSR count). The number of phenolic OH excluding ortho intramolecular Hbond substituents is 2. The Morgan fingerprint density at radius 1 is 1.25 bits per heavy atom. The third-order valence-electron chi connectivity index (χ3n) is 5.54. The Labute approximate surface area is 163 Å². The van der Waals surface area contributed by atoms with Crippen molar-refractivity contribution in [2.75, 3.05) is 14.2 Å². The maximum atomic E-state index is 12.1. The lowest BCUT2D eigenvalue weighted by molar-refractivity contribution is -0.225. The van der Waals surface area contributed by atoms with E-state index in [0.29, 0.717) is 31.2 Å². The number of aliphatic hydroxyl groups excluding tert-OH is 1. The van der Waals surface area contributed by atoms with Crippen LogP contribution >= 0.6 is 0 Å². The summed E-state index contributed by atoms with van der Waals surface area (Å²) in [5.74, 6) is -1.04. The first kappa shape index (κ1) is 20.6. The number of hydrogen-bond acceptors (Lipinski definition) is 8. The van der Waals surface area contributed by atoms with Crippen molar-refractivity contribution >= 4 is 12.0 Å². The molecule has 8 nitrogen and oxygen atoms in total. The van der Waals surface area contributed by atoms with Crippen LogP contribution in [0.3, 0.4) is 0 Å². The average Bonchev–Trinajstić information content (AvgIpc) is 3.05. The van der Waals surface area contributed by atoms with Crippen molar-refractivity contribution in [3.8, 4) is 11.5 Å². The Balaban J connectivity index is 1.57. The molecule has 8 heteroatoms. The zero-order chi connectivity index (χ0) is 20.3. The summed E-state index contributed by atoms with van der Waals surface area (Å²) in [5, 5.41) is 29.5.